The Morgan fingerprint density at radius 2 is 1.70 bits per heavy atom. The van der Waals surface area contributed by atoms with Gasteiger partial charge in [0.25, 0.3) is 0 Å². The monoisotopic (exact) mass is 383 g/mol. The van der Waals surface area contributed by atoms with Crippen molar-refractivity contribution in [1.82, 2.24) is 4.98 Å². The normalized spacial score (nSPS) is 11.4. The third-order valence-electron chi connectivity index (χ3n) is 3.88. The highest BCUT2D eigenvalue weighted by Gasteiger charge is 2.11. The predicted molar refractivity (Wildman–Crippen MR) is 108 cm³/mol. The molecule has 6 nitrogen and oxygen atoms in total. The second-order valence-electron chi connectivity index (χ2n) is 5.63. The molecule has 7 heteroatoms. The second kappa shape index (κ2) is 8.55. The van der Waals surface area contributed by atoms with Crippen molar-refractivity contribution in [2.24, 2.45) is 10.9 Å². The van der Waals surface area contributed by atoms with Crippen molar-refractivity contribution in [2.45, 2.75) is 13.8 Å². The smallest absolute Gasteiger partial charge is 0.170 e. The van der Waals surface area contributed by atoms with Crippen LogP contribution in [-0.4, -0.2) is 29.2 Å². The zero-order valence-electron chi connectivity index (χ0n) is 15.2. The molecule has 0 amide bonds. The molecule has 0 radical (unpaired) electrons. The summed E-state index contributed by atoms with van der Waals surface area (Å²) in [6.07, 6.45) is 0. The summed E-state index contributed by atoms with van der Waals surface area (Å²) in [5, 5.41) is 14.7. The maximum atomic E-state index is 8.75. The van der Waals surface area contributed by atoms with Crippen molar-refractivity contribution in [3.8, 4) is 33.3 Å². The number of hydrogen-bond acceptors (Lipinski definition) is 6. The van der Waals surface area contributed by atoms with Crippen molar-refractivity contribution < 1.29 is 14.7 Å². The molecular weight excluding hydrogens is 362 g/mol. The average Bonchev–Trinajstić information content (AvgIpc) is 3.19. The quantitative estimate of drug-likeness (QED) is 0.274. The van der Waals surface area contributed by atoms with Crippen LogP contribution in [-0.2, 0) is 0 Å². The highest BCUT2D eigenvalue weighted by molar-refractivity contribution is 7.13. The summed E-state index contributed by atoms with van der Waals surface area (Å²) in [6.45, 7) is 5.05. The third-order valence-corrected chi connectivity index (χ3v) is 4.77. The van der Waals surface area contributed by atoms with Gasteiger partial charge in [-0.05, 0) is 32.0 Å². The molecule has 0 aliphatic rings. The Bertz CT molecular complexity index is 936. The molecular formula is C20H21N3O3S. The molecule has 3 rings (SSSR count). The van der Waals surface area contributed by atoms with E-state index < -0.39 is 0 Å². The number of hydrogen-bond donors (Lipinski definition) is 2. The Morgan fingerprint density at radius 1 is 1.04 bits per heavy atom. The predicted octanol–water partition coefficient (Wildman–Crippen LogP) is 4.37. The number of benzene rings is 2. The summed E-state index contributed by atoms with van der Waals surface area (Å²) in [5.74, 6) is 1.54. The molecule has 0 saturated carbocycles. The molecule has 0 aliphatic carbocycles. The van der Waals surface area contributed by atoms with Gasteiger partial charge in [-0.2, -0.15) is 0 Å². The number of aromatic nitrogens is 1. The fourth-order valence-electron chi connectivity index (χ4n) is 2.59. The third kappa shape index (κ3) is 4.20. The van der Waals surface area contributed by atoms with Gasteiger partial charge < -0.3 is 20.4 Å². The van der Waals surface area contributed by atoms with Crippen LogP contribution in [0.2, 0.25) is 0 Å². The summed E-state index contributed by atoms with van der Waals surface area (Å²) in [4.78, 5) is 4.73. The SMILES string of the molecule is CCOc1ccc(-c2nc(-c3ccc(/C(N)=N/O)cc3)cs2)cc1OCC. The minimum Gasteiger partial charge on any atom is -0.490 e. The van der Waals surface area contributed by atoms with Gasteiger partial charge in [-0.3, -0.25) is 0 Å². The molecule has 0 unspecified atom stereocenters. The number of ether oxygens (including phenoxy) is 2. The van der Waals surface area contributed by atoms with Crippen molar-refractivity contribution in [2.75, 3.05) is 13.2 Å². The number of nitrogens with zero attached hydrogens (tertiary/aromatic N) is 2. The van der Waals surface area contributed by atoms with Crippen LogP contribution >= 0.6 is 11.3 Å². The van der Waals surface area contributed by atoms with Gasteiger partial charge in [0.05, 0.1) is 18.9 Å². The van der Waals surface area contributed by atoms with Crippen LogP contribution in [0.3, 0.4) is 0 Å². The summed E-state index contributed by atoms with van der Waals surface area (Å²) in [5.41, 5.74) is 9.06. The maximum absolute atomic E-state index is 8.75. The summed E-state index contributed by atoms with van der Waals surface area (Å²) >= 11 is 1.56. The Morgan fingerprint density at radius 3 is 2.37 bits per heavy atom. The lowest BCUT2D eigenvalue weighted by molar-refractivity contribution is 0.288. The zero-order valence-corrected chi connectivity index (χ0v) is 16.0. The van der Waals surface area contributed by atoms with Crippen LogP contribution < -0.4 is 15.2 Å². The minimum atomic E-state index is 0.0818. The highest BCUT2D eigenvalue weighted by atomic mass is 32.1. The number of rotatable bonds is 7. The highest BCUT2D eigenvalue weighted by Crippen LogP contribution is 2.35. The van der Waals surface area contributed by atoms with E-state index in [4.69, 9.17) is 25.4 Å². The van der Waals surface area contributed by atoms with E-state index in [0.29, 0.717) is 18.8 Å². The number of nitrogens with two attached hydrogens (primary N) is 1. The molecule has 3 aromatic rings. The molecule has 3 N–H and O–H groups in total. The zero-order chi connectivity index (χ0) is 19.2. The van der Waals surface area contributed by atoms with Crippen molar-refractivity contribution >= 4 is 17.2 Å². The molecule has 0 saturated heterocycles. The number of oxime groups is 1. The van der Waals surface area contributed by atoms with Gasteiger partial charge in [0.1, 0.15) is 5.01 Å². The van der Waals surface area contributed by atoms with E-state index in [1.54, 1.807) is 23.5 Å². The molecule has 0 aliphatic heterocycles. The summed E-state index contributed by atoms with van der Waals surface area (Å²) < 4.78 is 11.3. The second-order valence-corrected chi connectivity index (χ2v) is 6.49. The van der Waals surface area contributed by atoms with Crippen molar-refractivity contribution in [3.05, 3.63) is 53.4 Å². The van der Waals surface area contributed by atoms with Crippen LogP contribution in [0.5, 0.6) is 11.5 Å². The van der Waals surface area contributed by atoms with E-state index in [1.165, 1.54) is 0 Å². The van der Waals surface area contributed by atoms with E-state index in [0.717, 1.165) is 33.3 Å². The maximum Gasteiger partial charge on any atom is 0.170 e. The fraction of sp³-hybridized carbons (Fsp3) is 0.200. The number of thiazole rings is 1. The standard InChI is InChI=1S/C20H21N3O3S/c1-3-25-17-10-9-15(11-18(17)26-4-2)20-22-16(12-27-20)13-5-7-14(8-6-13)19(21)23-24/h5-12,24H,3-4H2,1-2H3,(H2,21,23). The van der Waals surface area contributed by atoms with Gasteiger partial charge in [0.15, 0.2) is 17.3 Å². The van der Waals surface area contributed by atoms with Crippen molar-refractivity contribution in [3.63, 3.8) is 0 Å². The average molecular weight is 383 g/mol. The van der Waals surface area contributed by atoms with Crippen LogP contribution in [0.4, 0.5) is 0 Å². The molecule has 27 heavy (non-hydrogen) atoms. The molecule has 0 fully saturated rings. The minimum absolute atomic E-state index is 0.0818. The Labute approximate surface area is 161 Å². The molecule has 0 bridgehead atoms. The lowest BCUT2D eigenvalue weighted by Crippen LogP contribution is -2.12. The molecule has 0 atom stereocenters. The van der Waals surface area contributed by atoms with E-state index in [1.807, 2.05) is 49.6 Å². The van der Waals surface area contributed by atoms with Crippen molar-refractivity contribution in [1.29, 1.82) is 0 Å². The van der Waals surface area contributed by atoms with Gasteiger partial charge in [-0.25, -0.2) is 4.98 Å². The Balaban J connectivity index is 1.88. The van der Waals surface area contributed by atoms with Crippen LogP contribution in [0.25, 0.3) is 21.8 Å². The Kier molecular flexibility index (Phi) is 5.93. The summed E-state index contributed by atoms with van der Waals surface area (Å²) in [7, 11) is 0. The van der Waals surface area contributed by atoms with E-state index >= 15 is 0 Å². The molecule has 1 aromatic heterocycles. The molecule has 1 heterocycles. The molecule has 2 aromatic carbocycles. The first kappa shape index (κ1) is 18.7. The first-order chi connectivity index (χ1) is 13.2. The van der Waals surface area contributed by atoms with Crippen LogP contribution in [0.15, 0.2) is 53.0 Å². The lowest BCUT2D eigenvalue weighted by atomic mass is 10.1. The van der Waals surface area contributed by atoms with Gasteiger partial charge in [-0.15, -0.1) is 11.3 Å². The van der Waals surface area contributed by atoms with Gasteiger partial charge in [-0.1, -0.05) is 29.4 Å². The summed E-state index contributed by atoms with van der Waals surface area (Å²) in [6, 6.07) is 13.2. The van der Waals surface area contributed by atoms with Gasteiger partial charge in [0, 0.05) is 22.1 Å². The fourth-order valence-corrected chi connectivity index (χ4v) is 3.42. The number of amidine groups is 1. The van der Waals surface area contributed by atoms with Gasteiger partial charge in [0.2, 0.25) is 0 Å². The largest absolute Gasteiger partial charge is 0.490 e. The van der Waals surface area contributed by atoms with E-state index in [2.05, 4.69) is 5.16 Å². The van der Waals surface area contributed by atoms with Gasteiger partial charge >= 0.3 is 0 Å². The first-order valence-corrected chi connectivity index (χ1v) is 9.48. The first-order valence-electron chi connectivity index (χ1n) is 8.60. The van der Waals surface area contributed by atoms with E-state index in [9.17, 15) is 0 Å². The molecule has 0 spiro atoms. The topological polar surface area (TPSA) is 90.0 Å². The van der Waals surface area contributed by atoms with Crippen LogP contribution in [0, 0.1) is 0 Å². The van der Waals surface area contributed by atoms with Crippen LogP contribution in [0.1, 0.15) is 19.4 Å². The lowest BCUT2D eigenvalue weighted by Gasteiger charge is -2.11. The van der Waals surface area contributed by atoms with E-state index in [-0.39, 0.29) is 5.84 Å². The Hall–Kier alpha value is -3.06. The molecule has 140 valence electrons.